The number of nitrogens with one attached hydrogen (secondary N) is 4. The molecule has 15 heteroatoms. The van der Waals surface area contributed by atoms with Crippen LogP contribution < -0.4 is 10.6 Å². The highest BCUT2D eigenvalue weighted by molar-refractivity contribution is 5.87. The zero-order valence-electron chi connectivity index (χ0n) is 34.3. The second-order valence-electron chi connectivity index (χ2n) is 16.2. The lowest BCUT2D eigenvalue weighted by atomic mass is 9.85. The van der Waals surface area contributed by atoms with Gasteiger partial charge in [-0.2, -0.15) is 0 Å². The molecule has 2 bridgehead atoms. The van der Waals surface area contributed by atoms with Crippen molar-refractivity contribution < 1.29 is 28.7 Å². The maximum Gasteiger partial charge on any atom is 0.407 e. The number of imidazole rings is 2. The maximum atomic E-state index is 13.6. The molecule has 3 fully saturated rings. The number of amides is 4. The van der Waals surface area contributed by atoms with Crippen LogP contribution in [0.3, 0.4) is 0 Å². The summed E-state index contributed by atoms with van der Waals surface area (Å²) in [5.74, 6) is 14.3. The Morgan fingerprint density at radius 1 is 0.672 bits per heavy atom. The fraction of sp³-hybridized carbons (Fsp3) is 0.535. The number of methoxy groups -OCH3 is 2. The molecule has 0 radical (unpaired) electrons. The minimum absolute atomic E-state index is 0.118. The van der Waals surface area contributed by atoms with Gasteiger partial charge in [-0.05, 0) is 92.5 Å². The predicted octanol–water partition coefficient (Wildman–Crippen LogP) is 4.84. The number of carbonyl (C=O) groups excluding carboxylic acids is 4. The molecule has 6 heterocycles. The average Bonchev–Trinajstić information content (AvgIpc) is 4.08. The number of carbonyl (C=O) groups is 4. The van der Waals surface area contributed by atoms with E-state index in [0.29, 0.717) is 36.1 Å². The van der Waals surface area contributed by atoms with Crippen LogP contribution in [0.2, 0.25) is 0 Å². The van der Waals surface area contributed by atoms with Crippen LogP contribution in [0, 0.1) is 35.5 Å². The van der Waals surface area contributed by atoms with E-state index < -0.39 is 24.3 Å². The topological polar surface area (TPSA) is 178 Å². The number of likely N-dealkylation sites (tertiary alicyclic amines) is 2. The van der Waals surface area contributed by atoms with E-state index in [1.165, 1.54) is 25.3 Å². The van der Waals surface area contributed by atoms with Crippen molar-refractivity contribution in [1.29, 1.82) is 0 Å². The Morgan fingerprint density at radius 3 is 1.47 bits per heavy atom. The van der Waals surface area contributed by atoms with Crippen molar-refractivity contribution in [3.8, 4) is 23.7 Å². The second kappa shape index (κ2) is 17.0. The van der Waals surface area contributed by atoms with E-state index in [0.717, 1.165) is 49.7 Å². The summed E-state index contributed by atoms with van der Waals surface area (Å²) in [6.07, 6.45) is 7.45. The van der Waals surface area contributed by atoms with Crippen molar-refractivity contribution in [3.63, 3.8) is 0 Å². The lowest BCUT2D eigenvalue weighted by Gasteiger charge is -2.29. The van der Waals surface area contributed by atoms with Crippen LogP contribution in [-0.4, -0.2) is 105 Å². The average molecular weight is 792 g/mol. The summed E-state index contributed by atoms with van der Waals surface area (Å²) in [5, 5.41) is 5.39. The summed E-state index contributed by atoms with van der Waals surface area (Å²) in [7, 11) is 4.74. The first kappa shape index (κ1) is 40.4. The monoisotopic (exact) mass is 791 g/mol. The van der Waals surface area contributed by atoms with E-state index in [-0.39, 0.29) is 47.8 Å². The number of hydrogen-bond acceptors (Lipinski definition) is 9. The molecule has 7 rings (SSSR count). The quantitative estimate of drug-likeness (QED) is 0.233. The van der Waals surface area contributed by atoms with Gasteiger partial charge in [-0.3, -0.25) is 14.5 Å². The Kier molecular flexibility index (Phi) is 11.8. The summed E-state index contributed by atoms with van der Waals surface area (Å²) >= 11 is 0. The number of alkyl carbamates (subject to hydrolysis) is 2. The molecule has 3 aromatic rings. The number of ether oxygens (including phenoxy) is 2. The van der Waals surface area contributed by atoms with Crippen LogP contribution in [0.5, 0.6) is 0 Å². The van der Waals surface area contributed by atoms with Crippen LogP contribution in [0.25, 0.3) is 0 Å². The van der Waals surface area contributed by atoms with Crippen LogP contribution in [-0.2, 0) is 19.1 Å². The Bertz CT molecular complexity index is 2040. The largest absolute Gasteiger partial charge is 0.453 e. The van der Waals surface area contributed by atoms with Gasteiger partial charge in [0.05, 0.1) is 38.7 Å². The van der Waals surface area contributed by atoms with Gasteiger partial charge in [0.1, 0.15) is 35.1 Å². The first-order valence-corrected chi connectivity index (χ1v) is 20.2. The summed E-state index contributed by atoms with van der Waals surface area (Å²) in [4.78, 5) is 73.2. The molecule has 15 nitrogen and oxygen atoms in total. The molecule has 4 amide bonds. The Hall–Kier alpha value is -5.80. The molecular formula is C43H53N9O6. The van der Waals surface area contributed by atoms with Crippen LogP contribution in [0.15, 0.2) is 24.5 Å². The first-order chi connectivity index (χ1) is 27.9. The van der Waals surface area contributed by atoms with Gasteiger partial charge < -0.3 is 39.9 Å². The second-order valence-corrected chi connectivity index (χ2v) is 16.2. The predicted molar refractivity (Wildman–Crippen MR) is 214 cm³/mol. The van der Waals surface area contributed by atoms with Crippen molar-refractivity contribution in [3.05, 3.63) is 69.8 Å². The van der Waals surface area contributed by atoms with Gasteiger partial charge in [0.25, 0.3) is 0 Å². The SMILES string of the molecule is COC(=O)N[C@H](C(=O)N1CCC[C@@H]1c1ncc(C#Cc2ccc(C#Cc3cnc([C@@H]4CCCN4C(=O)[C@@H](NC(=O)OC)C(C)C)[nH]3)c3c2C2CCC3N2C)[nH]1)C(C)C. The Balaban J connectivity index is 1.09. The van der Waals surface area contributed by atoms with Crippen molar-refractivity contribution in [2.24, 2.45) is 11.8 Å². The highest BCUT2D eigenvalue weighted by Gasteiger charge is 2.44. The number of hydrogen-bond donors (Lipinski definition) is 4. The molecule has 3 saturated heterocycles. The molecule has 6 atom stereocenters. The Morgan fingerprint density at radius 2 is 1.09 bits per heavy atom. The molecule has 58 heavy (non-hydrogen) atoms. The maximum absolute atomic E-state index is 13.6. The van der Waals surface area contributed by atoms with Crippen molar-refractivity contribution in [2.75, 3.05) is 34.4 Å². The minimum Gasteiger partial charge on any atom is -0.453 e. The number of aromatic nitrogens is 4. The van der Waals surface area contributed by atoms with E-state index in [1.807, 2.05) is 39.8 Å². The third kappa shape index (κ3) is 7.88. The normalized spacial score (nSPS) is 21.9. The summed E-state index contributed by atoms with van der Waals surface area (Å²) in [5.41, 5.74) is 5.67. The standard InChI is InChI=1S/C43H53N9O6/c1-24(2)36(48-42(55)57-6)40(53)51-20-8-10-32(51)38-44-22-28(46-38)16-14-26-12-13-27(35-31-19-18-30(34(26)35)50(31)5)15-17-29-23-45-39(47-29)33-11-9-21-52(33)41(54)37(25(3)4)49-43(56)58-7/h12-13,22-25,30-33,36-37H,8-11,18-21H2,1-7H3,(H,44,46)(H,45,47)(H,48,55)(H,49,56)/t30?,31?,32-,33+,36-,37-/m0/s1. The van der Waals surface area contributed by atoms with Gasteiger partial charge in [0, 0.05) is 36.3 Å². The molecule has 2 unspecified atom stereocenters. The minimum atomic E-state index is -0.704. The van der Waals surface area contributed by atoms with Crippen molar-refractivity contribution in [1.82, 2.24) is 45.3 Å². The van der Waals surface area contributed by atoms with Crippen LogP contribution in [0.4, 0.5) is 9.59 Å². The molecule has 1 aromatic carbocycles. The molecule has 4 aliphatic heterocycles. The number of H-pyrrole nitrogens is 2. The van der Waals surface area contributed by atoms with Gasteiger partial charge in [-0.1, -0.05) is 39.5 Å². The number of aromatic amines is 2. The van der Waals surface area contributed by atoms with E-state index in [4.69, 9.17) is 9.47 Å². The van der Waals surface area contributed by atoms with Crippen LogP contribution >= 0.6 is 0 Å². The molecule has 4 N–H and O–H groups in total. The van der Waals surface area contributed by atoms with Crippen molar-refractivity contribution in [2.45, 2.75) is 102 Å². The highest BCUT2D eigenvalue weighted by atomic mass is 16.5. The molecular weight excluding hydrogens is 739 g/mol. The number of rotatable bonds is 8. The highest BCUT2D eigenvalue weighted by Crippen LogP contribution is 2.54. The number of nitrogens with zero attached hydrogens (tertiary/aromatic N) is 5. The Labute approximate surface area is 339 Å². The summed E-state index contributed by atoms with van der Waals surface area (Å²) < 4.78 is 9.53. The van der Waals surface area contributed by atoms with Gasteiger partial charge in [0.15, 0.2) is 0 Å². The van der Waals surface area contributed by atoms with Gasteiger partial charge in [-0.15, -0.1) is 0 Å². The lowest BCUT2D eigenvalue weighted by Crippen LogP contribution is -2.51. The first-order valence-electron chi connectivity index (χ1n) is 20.2. The third-order valence-electron chi connectivity index (χ3n) is 12.0. The molecule has 0 aliphatic carbocycles. The van der Waals surface area contributed by atoms with E-state index >= 15 is 0 Å². The zero-order valence-corrected chi connectivity index (χ0v) is 34.3. The van der Waals surface area contributed by atoms with Gasteiger partial charge in [0.2, 0.25) is 11.8 Å². The fourth-order valence-electron chi connectivity index (χ4n) is 9.00. The molecule has 4 aliphatic rings. The molecule has 306 valence electrons. The van der Waals surface area contributed by atoms with Gasteiger partial charge >= 0.3 is 12.2 Å². The number of benzene rings is 1. The molecule has 2 aromatic heterocycles. The van der Waals surface area contributed by atoms with Gasteiger partial charge in [-0.25, -0.2) is 19.6 Å². The number of fused-ring (bicyclic) bond motifs is 5. The van der Waals surface area contributed by atoms with E-state index in [9.17, 15) is 19.2 Å². The molecule has 0 saturated carbocycles. The zero-order chi connectivity index (χ0) is 41.2. The summed E-state index contributed by atoms with van der Waals surface area (Å²) in [6.45, 7) is 8.74. The van der Waals surface area contributed by atoms with E-state index in [1.54, 1.807) is 22.2 Å². The fourth-order valence-corrected chi connectivity index (χ4v) is 9.00. The summed E-state index contributed by atoms with van der Waals surface area (Å²) in [6, 6.07) is 2.71. The van der Waals surface area contributed by atoms with Crippen molar-refractivity contribution >= 4 is 24.0 Å². The lowest BCUT2D eigenvalue weighted by molar-refractivity contribution is -0.136. The van der Waals surface area contributed by atoms with E-state index in [2.05, 4.69) is 66.2 Å². The van der Waals surface area contributed by atoms with Crippen LogP contribution in [0.1, 0.15) is 136 Å². The molecule has 0 spiro atoms. The third-order valence-corrected chi connectivity index (χ3v) is 12.0. The smallest absolute Gasteiger partial charge is 0.407 e.